The van der Waals surface area contributed by atoms with E-state index < -0.39 is 0 Å². The Bertz CT molecular complexity index is 581. The van der Waals surface area contributed by atoms with Crippen LogP contribution in [0.4, 0.5) is 4.79 Å². The second kappa shape index (κ2) is 5.02. The van der Waals surface area contributed by atoms with Crippen molar-refractivity contribution in [2.24, 2.45) is 0 Å². The number of benzene rings is 2. The van der Waals surface area contributed by atoms with E-state index in [1.807, 2.05) is 17.0 Å². The van der Waals surface area contributed by atoms with E-state index in [-0.39, 0.29) is 5.24 Å². The summed E-state index contributed by atoms with van der Waals surface area (Å²) in [5.41, 5.74) is 1.21. The number of nitrogens with zero attached hydrogens (tertiary/aromatic N) is 1. The lowest BCUT2D eigenvalue weighted by Crippen LogP contribution is -2.32. The van der Waals surface area contributed by atoms with Crippen molar-refractivity contribution in [1.82, 2.24) is 4.90 Å². The normalized spacial score (nSPS) is 16.2. The highest BCUT2D eigenvalue weighted by Crippen LogP contribution is 2.21. The van der Waals surface area contributed by atoms with Crippen molar-refractivity contribution >= 4 is 27.8 Å². The van der Waals surface area contributed by atoms with Crippen LogP contribution in [0.25, 0.3) is 10.8 Å². The van der Waals surface area contributed by atoms with E-state index in [2.05, 4.69) is 30.3 Å². The first kappa shape index (κ1) is 11.6. The Labute approximate surface area is 111 Å². The number of carbonyl (C=O) groups excluding carboxylic acids is 1. The van der Waals surface area contributed by atoms with Gasteiger partial charge in [0.05, 0.1) is 0 Å². The Balaban J connectivity index is 1.83. The van der Waals surface area contributed by atoms with E-state index in [1.54, 1.807) is 0 Å². The fourth-order valence-electron chi connectivity index (χ4n) is 2.30. The Morgan fingerprint density at radius 1 is 1.11 bits per heavy atom. The van der Waals surface area contributed by atoms with Crippen LogP contribution >= 0.6 is 11.8 Å². The number of fused-ring (bicyclic) bond motifs is 1. The highest BCUT2D eigenvalue weighted by Gasteiger charge is 2.18. The predicted octanol–water partition coefficient (Wildman–Crippen LogP) is 3.90. The molecule has 0 aromatic heterocycles. The van der Waals surface area contributed by atoms with Gasteiger partial charge in [0.2, 0.25) is 0 Å². The molecule has 0 radical (unpaired) electrons. The van der Waals surface area contributed by atoms with E-state index in [4.69, 9.17) is 0 Å². The molecule has 0 N–H and O–H groups in total. The molecule has 1 saturated heterocycles. The van der Waals surface area contributed by atoms with Crippen LogP contribution in [0, 0.1) is 0 Å². The first-order chi connectivity index (χ1) is 8.83. The van der Waals surface area contributed by atoms with E-state index in [0.29, 0.717) is 0 Å². The van der Waals surface area contributed by atoms with Crippen molar-refractivity contribution in [1.29, 1.82) is 0 Å². The van der Waals surface area contributed by atoms with Gasteiger partial charge in [0.25, 0.3) is 5.24 Å². The van der Waals surface area contributed by atoms with Gasteiger partial charge in [-0.1, -0.05) is 48.2 Å². The number of amides is 1. The van der Waals surface area contributed by atoms with Crippen LogP contribution in [0.2, 0.25) is 0 Å². The highest BCUT2D eigenvalue weighted by molar-refractivity contribution is 8.13. The largest absolute Gasteiger partial charge is 0.329 e. The maximum Gasteiger partial charge on any atom is 0.281 e. The van der Waals surface area contributed by atoms with Crippen LogP contribution in [-0.2, 0) is 6.54 Å². The fourth-order valence-corrected chi connectivity index (χ4v) is 3.09. The van der Waals surface area contributed by atoms with Crippen molar-refractivity contribution in [3.8, 4) is 0 Å². The maximum atomic E-state index is 11.8. The smallest absolute Gasteiger partial charge is 0.281 e. The van der Waals surface area contributed by atoms with E-state index in [1.165, 1.54) is 28.1 Å². The van der Waals surface area contributed by atoms with Crippen LogP contribution in [0.1, 0.15) is 12.0 Å². The SMILES string of the molecule is O=C1SCCCN1Cc1ccc2ccccc2c1. The standard InChI is InChI=1S/C15H15NOS/c17-15-16(8-3-9-18-15)11-12-6-7-13-4-1-2-5-14(13)10-12/h1-2,4-7,10H,3,8-9,11H2. The number of rotatable bonds is 2. The third-order valence-corrected chi connectivity index (χ3v) is 4.24. The van der Waals surface area contributed by atoms with Gasteiger partial charge in [-0.2, -0.15) is 0 Å². The van der Waals surface area contributed by atoms with Gasteiger partial charge < -0.3 is 4.90 Å². The summed E-state index contributed by atoms with van der Waals surface area (Å²) in [6.45, 7) is 1.62. The molecule has 92 valence electrons. The van der Waals surface area contributed by atoms with E-state index in [0.717, 1.165) is 25.3 Å². The van der Waals surface area contributed by atoms with Gasteiger partial charge in [-0.3, -0.25) is 4.79 Å². The minimum absolute atomic E-state index is 0.217. The minimum Gasteiger partial charge on any atom is -0.329 e. The summed E-state index contributed by atoms with van der Waals surface area (Å²) in [6.07, 6.45) is 1.10. The van der Waals surface area contributed by atoms with Crippen LogP contribution in [0.15, 0.2) is 42.5 Å². The van der Waals surface area contributed by atoms with Crippen molar-refractivity contribution < 1.29 is 4.79 Å². The molecule has 1 aliphatic heterocycles. The number of carbonyl (C=O) groups is 1. The Hall–Kier alpha value is -1.48. The fraction of sp³-hybridized carbons (Fsp3) is 0.267. The highest BCUT2D eigenvalue weighted by atomic mass is 32.2. The van der Waals surface area contributed by atoms with E-state index in [9.17, 15) is 4.79 Å². The average Bonchev–Trinajstić information content (AvgIpc) is 2.41. The summed E-state index contributed by atoms with van der Waals surface area (Å²) >= 11 is 1.44. The molecule has 1 aliphatic rings. The zero-order chi connectivity index (χ0) is 12.4. The van der Waals surface area contributed by atoms with Crippen LogP contribution < -0.4 is 0 Å². The molecule has 18 heavy (non-hydrogen) atoms. The summed E-state index contributed by atoms with van der Waals surface area (Å²) in [5.74, 6) is 0.965. The first-order valence-electron chi connectivity index (χ1n) is 6.22. The van der Waals surface area contributed by atoms with Gasteiger partial charge in [-0.15, -0.1) is 0 Å². The van der Waals surface area contributed by atoms with Crippen molar-refractivity contribution in [3.05, 3.63) is 48.0 Å². The molecule has 3 heteroatoms. The van der Waals surface area contributed by atoms with Gasteiger partial charge in [-0.25, -0.2) is 0 Å². The topological polar surface area (TPSA) is 20.3 Å². The molecule has 3 rings (SSSR count). The van der Waals surface area contributed by atoms with Gasteiger partial charge >= 0.3 is 0 Å². The zero-order valence-corrected chi connectivity index (χ0v) is 11.0. The summed E-state index contributed by atoms with van der Waals surface area (Å²) in [6, 6.07) is 14.8. The maximum absolute atomic E-state index is 11.8. The van der Waals surface area contributed by atoms with Crippen LogP contribution in [-0.4, -0.2) is 22.4 Å². The first-order valence-corrected chi connectivity index (χ1v) is 7.21. The molecular weight excluding hydrogens is 242 g/mol. The van der Waals surface area contributed by atoms with Crippen molar-refractivity contribution in [2.45, 2.75) is 13.0 Å². The van der Waals surface area contributed by atoms with Gasteiger partial charge in [0.1, 0.15) is 0 Å². The third kappa shape index (κ3) is 2.36. The average molecular weight is 257 g/mol. The molecule has 1 heterocycles. The zero-order valence-electron chi connectivity index (χ0n) is 10.1. The summed E-state index contributed by atoms with van der Waals surface area (Å²) in [4.78, 5) is 13.7. The molecule has 0 unspecified atom stereocenters. The van der Waals surface area contributed by atoms with Gasteiger partial charge in [0, 0.05) is 18.8 Å². The van der Waals surface area contributed by atoms with E-state index >= 15 is 0 Å². The molecule has 0 bridgehead atoms. The molecule has 2 aromatic carbocycles. The predicted molar refractivity (Wildman–Crippen MR) is 76.8 cm³/mol. The molecule has 2 nitrogen and oxygen atoms in total. The Morgan fingerprint density at radius 2 is 1.94 bits per heavy atom. The Kier molecular flexibility index (Phi) is 3.24. The minimum atomic E-state index is 0.217. The van der Waals surface area contributed by atoms with Gasteiger partial charge in [-0.05, 0) is 28.8 Å². The molecule has 0 aliphatic carbocycles. The molecule has 1 amide bonds. The number of thioether (sulfide) groups is 1. The van der Waals surface area contributed by atoms with Crippen molar-refractivity contribution in [3.63, 3.8) is 0 Å². The van der Waals surface area contributed by atoms with Crippen molar-refractivity contribution in [2.75, 3.05) is 12.3 Å². The monoisotopic (exact) mass is 257 g/mol. The molecule has 0 saturated carbocycles. The van der Waals surface area contributed by atoms with Gasteiger partial charge in [0.15, 0.2) is 0 Å². The Morgan fingerprint density at radius 3 is 2.78 bits per heavy atom. The molecular formula is C15H15NOS. The molecule has 0 spiro atoms. The lowest BCUT2D eigenvalue weighted by Gasteiger charge is -2.26. The second-order valence-electron chi connectivity index (χ2n) is 4.57. The number of hydrogen-bond acceptors (Lipinski definition) is 2. The summed E-state index contributed by atoms with van der Waals surface area (Å²) < 4.78 is 0. The summed E-state index contributed by atoms with van der Waals surface area (Å²) in [5, 5.41) is 2.71. The lowest BCUT2D eigenvalue weighted by atomic mass is 10.1. The second-order valence-corrected chi connectivity index (χ2v) is 5.62. The quantitative estimate of drug-likeness (QED) is 0.813. The lowest BCUT2D eigenvalue weighted by molar-refractivity contribution is 0.218. The summed E-state index contributed by atoms with van der Waals surface area (Å²) in [7, 11) is 0. The molecule has 2 aromatic rings. The third-order valence-electron chi connectivity index (χ3n) is 3.24. The number of hydrogen-bond donors (Lipinski definition) is 0. The van der Waals surface area contributed by atoms with Crippen LogP contribution in [0.5, 0.6) is 0 Å². The molecule has 1 fully saturated rings. The van der Waals surface area contributed by atoms with Crippen LogP contribution in [0.3, 0.4) is 0 Å². The molecule has 0 atom stereocenters.